The molecule has 0 spiro atoms. The number of nitrogens with zero attached hydrogens (tertiary/aromatic N) is 1. The largest absolute Gasteiger partial charge is 0.404 e. The average molecular weight is 321 g/mol. The van der Waals surface area contributed by atoms with Crippen molar-refractivity contribution in [3.8, 4) is 0 Å². The summed E-state index contributed by atoms with van der Waals surface area (Å²) in [4.78, 5) is 16.2. The van der Waals surface area contributed by atoms with Gasteiger partial charge in [0.1, 0.15) is 0 Å². The molecule has 0 saturated heterocycles. The smallest absolute Gasteiger partial charge is 0.226 e. The van der Waals surface area contributed by atoms with Crippen LogP contribution in [0.3, 0.4) is 0 Å². The summed E-state index contributed by atoms with van der Waals surface area (Å²) >= 11 is 6.21. The minimum atomic E-state index is -0.195. The van der Waals surface area contributed by atoms with Crippen LogP contribution in [0, 0.1) is 0 Å². The molecule has 1 aromatic rings. The molecule has 0 aliphatic carbocycles. The van der Waals surface area contributed by atoms with Gasteiger partial charge in [-0.15, -0.1) is 0 Å². The summed E-state index contributed by atoms with van der Waals surface area (Å²) < 4.78 is 0. The molecule has 1 aliphatic heterocycles. The number of nitrogens with one attached hydrogen (secondary N) is 2. The van der Waals surface area contributed by atoms with Gasteiger partial charge in [0.25, 0.3) is 0 Å². The van der Waals surface area contributed by atoms with E-state index in [-0.39, 0.29) is 11.4 Å². The van der Waals surface area contributed by atoms with E-state index in [0.717, 1.165) is 16.8 Å². The second kappa shape index (κ2) is 6.40. The molecule has 118 valence electrons. The van der Waals surface area contributed by atoms with Crippen LogP contribution in [0.2, 0.25) is 5.02 Å². The molecule has 0 atom stereocenters. The van der Waals surface area contributed by atoms with Crippen molar-refractivity contribution in [2.75, 3.05) is 17.2 Å². The lowest BCUT2D eigenvalue weighted by atomic mass is 10.0. The van der Waals surface area contributed by atoms with Crippen LogP contribution in [0.1, 0.15) is 32.8 Å². The Hall–Kier alpha value is -2.01. The van der Waals surface area contributed by atoms with E-state index in [1.807, 2.05) is 26.8 Å². The minimum absolute atomic E-state index is 0.0630. The fourth-order valence-electron chi connectivity index (χ4n) is 2.09. The first-order chi connectivity index (χ1) is 10.3. The number of amides is 1. The summed E-state index contributed by atoms with van der Waals surface area (Å²) in [5, 5.41) is 6.58. The average Bonchev–Trinajstić information content (AvgIpc) is 2.62. The predicted octanol–water partition coefficient (Wildman–Crippen LogP) is 3.26. The van der Waals surface area contributed by atoms with Gasteiger partial charge in [-0.25, -0.2) is 0 Å². The molecule has 5 nitrogen and oxygen atoms in total. The lowest BCUT2D eigenvalue weighted by Crippen LogP contribution is -2.11. The lowest BCUT2D eigenvalue weighted by Gasteiger charge is -2.17. The Kier molecular flexibility index (Phi) is 4.76. The Morgan fingerprint density at radius 3 is 2.73 bits per heavy atom. The van der Waals surface area contributed by atoms with Crippen LogP contribution in [-0.2, 0) is 4.79 Å². The number of hydrogen-bond donors (Lipinski definition) is 3. The number of aliphatic imine (C=N–C) groups is 1. The zero-order chi connectivity index (χ0) is 16.3. The van der Waals surface area contributed by atoms with Gasteiger partial charge in [0.15, 0.2) is 0 Å². The molecule has 1 amide bonds. The van der Waals surface area contributed by atoms with Gasteiger partial charge < -0.3 is 16.4 Å². The van der Waals surface area contributed by atoms with Crippen LogP contribution in [0.5, 0.6) is 0 Å². The molecule has 4 N–H and O–H groups in total. The van der Waals surface area contributed by atoms with Gasteiger partial charge in [0, 0.05) is 36.5 Å². The van der Waals surface area contributed by atoms with Crippen molar-refractivity contribution in [3.63, 3.8) is 0 Å². The highest BCUT2D eigenvalue weighted by atomic mass is 35.5. The zero-order valence-corrected chi connectivity index (χ0v) is 13.8. The molecule has 0 saturated carbocycles. The first-order valence-corrected chi connectivity index (χ1v) is 7.53. The van der Waals surface area contributed by atoms with E-state index in [1.165, 1.54) is 6.20 Å². The van der Waals surface area contributed by atoms with Crippen molar-refractivity contribution in [1.29, 1.82) is 0 Å². The molecule has 0 radical (unpaired) electrons. The quantitative estimate of drug-likeness (QED) is 0.732. The summed E-state index contributed by atoms with van der Waals surface area (Å²) in [5.74, 6) is -0.0630. The molecule has 2 rings (SSSR count). The van der Waals surface area contributed by atoms with Crippen molar-refractivity contribution in [3.05, 3.63) is 28.9 Å². The van der Waals surface area contributed by atoms with Crippen LogP contribution in [0.4, 0.5) is 11.4 Å². The van der Waals surface area contributed by atoms with E-state index >= 15 is 0 Å². The van der Waals surface area contributed by atoms with Crippen LogP contribution in [-0.4, -0.2) is 24.2 Å². The molecule has 1 aromatic carbocycles. The molecule has 0 unspecified atom stereocenters. The Bertz CT molecular complexity index is 644. The Morgan fingerprint density at radius 1 is 1.36 bits per heavy atom. The molecule has 6 heteroatoms. The molecule has 1 heterocycles. The number of fused-ring (bicyclic) bond motifs is 1. The third-order valence-corrected chi connectivity index (χ3v) is 3.47. The second-order valence-corrected chi connectivity index (χ2v) is 6.53. The van der Waals surface area contributed by atoms with E-state index in [4.69, 9.17) is 17.3 Å². The maximum atomic E-state index is 11.7. The maximum Gasteiger partial charge on any atom is 0.226 e. The highest BCUT2D eigenvalue weighted by Gasteiger charge is 2.19. The number of anilines is 2. The number of allylic oxidation sites excluding steroid dienone is 1. The molecule has 0 aromatic heterocycles. The van der Waals surface area contributed by atoms with Crippen LogP contribution < -0.4 is 16.4 Å². The van der Waals surface area contributed by atoms with Gasteiger partial charge >= 0.3 is 0 Å². The highest BCUT2D eigenvalue weighted by molar-refractivity contribution is 6.35. The number of rotatable bonds is 2. The van der Waals surface area contributed by atoms with Gasteiger partial charge in [-0.1, -0.05) is 17.7 Å². The number of benzene rings is 1. The fourth-order valence-corrected chi connectivity index (χ4v) is 2.30. The van der Waals surface area contributed by atoms with E-state index in [1.54, 1.807) is 12.3 Å². The second-order valence-electron chi connectivity index (χ2n) is 6.12. The normalized spacial score (nSPS) is 16.0. The van der Waals surface area contributed by atoms with Crippen LogP contribution in [0.15, 0.2) is 23.3 Å². The molecule has 0 fully saturated rings. The number of nitrogens with two attached hydrogens (primary N) is 1. The minimum Gasteiger partial charge on any atom is -0.404 e. The van der Waals surface area contributed by atoms with Gasteiger partial charge in [-0.3, -0.25) is 9.79 Å². The zero-order valence-electron chi connectivity index (χ0n) is 13.0. The Labute approximate surface area is 135 Å². The van der Waals surface area contributed by atoms with Crippen LogP contribution >= 0.6 is 11.6 Å². The fraction of sp³-hybridized carbons (Fsp3) is 0.375. The van der Waals surface area contributed by atoms with E-state index in [9.17, 15) is 4.79 Å². The van der Waals surface area contributed by atoms with Gasteiger partial charge in [0.2, 0.25) is 5.91 Å². The van der Waals surface area contributed by atoms with Crippen molar-refractivity contribution in [2.45, 2.75) is 32.7 Å². The number of carbonyl (C=O) groups is 1. The Morgan fingerprint density at radius 2 is 2.09 bits per heavy atom. The maximum absolute atomic E-state index is 11.7. The van der Waals surface area contributed by atoms with Crippen molar-refractivity contribution < 1.29 is 4.79 Å². The molecule has 22 heavy (non-hydrogen) atoms. The SMILES string of the molecule is CC(C)(C)N=CC(=CN)c1ccc(Cl)c2c1NCCC(=O)N2. The number of halogens is 1. The van der Waals surface area contributed by atoms with E-state index in [2.05, 4.69) is 15.6 Å². The molecular weight excluding hydrogens is 300 g/mol. The standard InChI is InChI=1S/C16H21ClN4O/c1-16(2,3)20-9-10(8-18)11-4-5-12(17)15-14(11)19-7-6-13(22)21-15/h4-5,8-9,19H,6-7,18H2,1-3H3,(H,21,22). The lowest BCUT2D eigenvalue weighted by molar-refractivity contribution is -0.115. The first kappa shape index (κ1) is 16.4. The first-order valence-electron chi connectivity index (χ1n) is 7.15. The molecule has 1 aliphatic rings. The number of hydrogen-bond acceptors (Lipinski definition) is 4. The highest BCUT2D eigenvalue weighted by Crippen LogP contribution is 2.37. The van der Waals surface area contributed by atoms with E-state index < -0.39 is 0 Å². The van der Waals surface area contributed by atoms with Crippen LogP contribution in [0.25, 0.3) is 5.57 Å². The van der Waals surface area contributed by atoms with Crippen molar-refractivity contribution >= 4 is 40.7 Å². The molecular formula is C16H21ClN4O. The van der Waals surface area contributed by atoms with E-state index in [0.29, 0.717) is 23.7 Å². The third-order valence-electron chi connectivity index (χ3n) is 3.15. The summed E-state index contributed by atoms with van der Waals surface area (Å²) in [5.41, 5.74) is 8.57. The molecule has 0 bridgehead atoms. The monoisotopic (exact) mass is 320 g/mol. The third kappa shape index (κ3) is 3.80. The summed E-state index contributed by atoms with van der Waals surface area (Å²) in [6, 6.07) is 3.62. The van der Waals surface area contributed by atoms with Gasteiger partial charge in [-0.05, 0) is 26.8 Å². The number of carbonyl (C=O) groups excluding carboxylic acids is 1. The van der Waals surface area contributed by atoms with Crippen molar-refractivity contribution in [2.24, 2.45) is 10.7 Å². The van der Waals surface area contributed by atoms with Gasteiger partial charge in [0.05, 0.1) is 21.9 Å². The predicted molar refractivity (Wildman–Crippen MR) is 93.6 cm³/mol. The topological polar surface area (TPSA) is 79.5 Å². The van der Waals surface area contributed by atoms with Gasteiger partial charge in [-0.2, -0.15) is 0 Å². The summed E-state index contributed by atoms with van der Waals surface area (Å²) in [7, 11) is 0. The Balaban J connectivity index is 2.50. The summed E-state index contributed by atoms with van der Waals surface area (Å²) in [6.07, 6.45) is 3.65. The summed E-state index contributed by atoms with van der Waals surface area (Å²) in [6.45, 7) is 6.58. The van der Waals surface area contributed by atoms with Crippen molar-refractivity contribution in [1.82, 2.24) is 0 Å².